The van der Waals surface area contributed by atoms with Gasteiger partial charge in [-0.2, -0.15) is 0 Å². The van der Waals surface area contributed by atoms with Gasteiger partial charge < -0.3 is 9.47 Å². The van der Waals surface area contributed by atoms with Crippen LogP contribution in [-0.4, -0.2) is 20.5 Å². The highest BCUT2D eigenvalue weighted by Gasteiger charge is 2.10. The third kappa shape index (κ3) is 3.59. The largest absolute Gasteiger partial charge is 0.497 e. The van der Waals surface area contributed by atoms with Gasteiger partial charge in [0.15, 0.2) is 0 Å². The van der Waals surface area contributed by atoms with Gasteiger partial charge in [0.05, 0.1) is 13.3 Å². The van der Waals surface area contributed by atoms with E-state index in [0.29, 0.717) is 11.5 Å². The lowest BCUT2D eigenvalue weighted by molar-refractivity contribution is 0.407. The van der Waals surface area contributed by atoms with Gasteiger partial charge in [-0.1, -0.05) is 6.07 Å². The van der Waals surface area contributed by atoms with Gasteiger partial charge in [-0.15, -0.1) is 0 Å². The molecule has 2 rings (SSSR count). The minimum Gasteiger partial charge on any atom is -0.497 e. The summed E-state index contributed by atoms with van der Waals surface area (Å²) in [7, 11) is 2.97. The van der Waals surface area contributed by atoms with Crippen LogP contribution in [0, 0.1) is 0 Å². The monoisotopic (exact) mass is 299 g/mol. The number of nitrogens with zero attached hydrogens (tertiary/aromatic N) is 1. The molecule has 0 spiro atoms. The standard InChI is InChI=1S/C12H10ClNO4S/c1-17-9-3-2-4-10(7-9)18-12-6-5-11(8-14-12)19(13,15)16/h2-8H,1H3. The van der Waals surface area contributed by atoms with Crippen LogP contribution in [0.15, 0.2) is 47.5 Å². The van der Waals surface area contributed by atoms with Crippen LogP contribution in [0.1, 0.15) is 0 Å². The minimum absolute atomic E-state index is 0.0767. The molecular formula is C12H10ClNO4S. The molecule has 0 unspecified atom stereocenters. The zero-order valence-electron chi connectivity index (χ0n) is 9.91. The Morgan fingerprint density at radius 1 is 1.16 bits per heavy atom. The predicted molar refractivity (Wildman–Crippen MR) is 70.3 cm³/mol. The van der Waals surface area contributed by atoms with E-state index >= 15 is 0 Å². The van der Waals surface area contributed by atoms with E-state index in [2.05, 4.69) is 4.98 Å². The quantitative estimate of drug-likeness (QED) is 0.812. The van der Waals surface area contributed by atoms with Crippen LogP contribution in [0.4, 0.5) is 0 Å². The highest BCUT2D eigenvalue weighted by atomic mass is 35.7. The second-order valence-electron chi connectivity index (χ2n) is 3.55. The minimum atomic E-state index is -3.77. The van der Waals surface area contributed by atoms with Crippen molar-refractivity contribution >= 4 is 19.7 Å². The SMILES string of the molecule is COc1cccc(Oc2ccc(S(=O)(=O)Cl)cn2)c1. The Bertz CT molecular complexity index is 670. The first-order valence-corrected chi connectivity index (χ1v) is 7.52. The van der Waals surface area contributed by atoms with Crippen molar-refractivity contribution in [3.05, 3.63) is 42.6 Å². The van der Waals surface area contributed by atoms with Gasteiger partial charge in [-0.05, 0) is 18.2 Å². The van der Waals surface area contributed by atoms with Crippen molar-refractivity contribution in [3.63, 3.8) is 0 Å². The average Bonchev–Trinajstić information content (AvgIpc) is 2.38. The van der Waals surface area contributed by atoms with Crippen LogP contribution >= 0.6 is 10.7 Å². The maximum atomic E-state index is 11.1. The van der Waals surface area contributed by atoms with Gasteiger partial charge in [0.25, 0.3) is 9.05 Å². The Morgan fingerprint density at radius 3 is 2.47 bits per heavy atom. The molecule has 5 nitrogen and oxygen atoms in total. The van der Waals surface area contributed by atoms with E-state index < -0.39 is 9.05 Å². The highest BCUT2D eigenvalue weighted by molar-refractivity contribution is 8.13. The van der Waals surface area contributed by atoms with Crippen LogP contribution < -0.4 is 9.47 Å². The van der Waals surface area contributed by atoms with Gasteiger partial charge in [0, 0.05) is 22.8 Å². The van der Waals surface area contributed by atoms with Gasteiger partial charge in [-0.25, -0.2) is 13.4 Å². The third-order valence-electron chi connectivity index (χ3n) is 2.25. The lowest BCUT2D eigenvalue weighted by Crippen LogP contribution is -1.93. The van der Waals surface area contributed by atoms with Crippen LogP contribution in [-0.2, 0) is 9.05 Å². The summed E-state index contributed by atoms with van der Waals surface area (Å²) >= 11 is 0. The predicted octanol–water partition coefficient (Wildman–Crippen LogP) is 2.81. The molecule has 0 saturated carbocycles. The Morgan fingerprint density at radius 2 is 1.89 bits per heavy atom. The summed E-state index contributed by atoms with van der Waals surface area (Å²) in [6, 6.07) is 9.72. The normalized spacial score (nSPS) is 11.1. The lowest BCUT2D eigenvalue weighted by Gasteiger charge is -2.06. The number of methoxy groups -OCH3 is 1. The van der Waals surface area contributed by atoms with E-state index in [1.165, 1.54) is 12.1 Å². The summed E-state index contributed by atoms with van der Waals surface area (Å²) < 4.78 is 32.6. The third-order valence-corrected chi connectivity index (χ3v) is 3.59. The summed E-state index contributed by atoms with van der Waals surface area (Å²) in [6.45, 7) is 0. The number of rotatable bonds is 4. The fourth-order valence-electron chi connectivity index (χ4n) is 1.36. The van der Waals surface area contributed by atoms with Crippen molar-refractivity contribution < 1.29 is 17.9 Å². The number of halogens is 1. The summed E-state index contributed by atoms with van der Waals surface area (Å²) in [4.78, 5) is 3.79. The number of hydrogen-bond donors (Lipinski definition) is 0. The van der Waals surface area contributed by atoms with Crippen LogP contribution in [0.3, 0.4) is 0 Å². The highest BCUT2D eigenvalue weighted by Crippen LogP contribution is 2.24. The van der Waals surface area contributed by atoms with Crippen molar-refractivity contribution in [1.29, 1.82) is 0 Å². The number of hydrogen-bond acceptors (Lipinski definition) is 5. The topological polar surface area (TPSA) is 65.5 Å². The molecule has 7 heteroatoms. The van der Waals surface area contributed by atoms with E-state index in [-0.39, 0.29) is 10.8 Å². The van der Waals surface area contributed by atoms with Crippen LogP contribution in [0.5, 0.6) is 17.4 Å². The summed E-state index contributed by atoms with van der Waals surface area (Å²) in [5.41, 5.74) is 0. The summed E-state index contributed by atoms with van der Waals surface area (Å²) in [5, 5.41) is 0. The van der Waals surface area contributed by atoms with Crippen molar-refractivity contribution in [3.8, 4) is 17.4 Å². The maximum Gasteiger partial charge on any atom is 0.262 e. The number of aromatic nitrogens is 1. The van der Waals surface area contributed by atoms with Crippen molar-refractivity contribution in [2.75, 3.05) is 7.11 Å². The van der Waals surface area contributed by atoms with Crippen molar-refractivity contribution in [2.45, 2.75) is 4.90 Å². The summed E-state index contributed by atoms with van der Waals surface area (Å²) in [5.74, 6) is 1.45. The molecule has 0 aliphatic carbocycles. The Labute approximate surface area is 115 Å². The molecule has 0 atom stereocenters. The summed E-state index contributed by atoms with van der Waals surface area (Å²) in [6.07, 6.45) is 1.14. The van der Waals surface area contributed by atoms with Crippen molar-refractivity contribution in [1.82, 2.24) is 4.98 Å². The van der Waals surface area contributed by atoms with E-state index in [4.69, 9.17) is 20.2 Å². The molecule has 1 heterocycles. The fourth-order valence-corrected chi connectivity index (χ4v) is 2.04. The molecule has 1 aromatic carbocycles. The first-order chi connectivity index (χ1) is 8.99. The number of pyridine rings is 1. The molecule has 0 amide bonds. The fraction of sp³-hybridized carbons (Fsp3) is 0.0833. The first kappa shape index (κ1) is 13.6. The van der Waals surface area contributed by atoms with E-state index in [1.807, 2.05) is 0 Å². The van der Waals surface area contributed by atoms with Gasteiger partial charge in [-0.3, -0.25) is 0 Å². The average molecular weight is 300 g/mol. The van der Waals surface area contributed by atoms with Crippen molar-refractivity contribution in [2.24, 2.45) is 0 Å². The Kier molecular flexibility index (Phi) is 3.92. The lowest BCUT2D eigenvalue weighted by atomic mass is 10.3. The first-order valence-electron chi connectivity index (χ1n) is 5.21. The second kappa shape index (κ2) is 5.46. The molecular weight excluding hydrogens is 290 g/mol. The molecule has 100 valence electrons. The van der Waals surface area contributed by atoms with E-state index in [0.717, 1.165) is 6.20 Å². The molecule has 0 fully saturated rings. The molecule has 0 radical (unpaired) electrons. The molecule has 19 heavy (non-hydrogen) atoms. The van der Waals surface area contributed by atoms with Gasteiger partial charge in [0.1, 0.15) is 16.4 Å². The smallest absolute Gasteiger partial charge is 0.262 e. The zero-order chi connectivity index (χ0) is 13.9. The molecule has 0 bridgehead atoms. The van der Waals surface area contributed by atoms with Crippen LogP contribution in [0.2, 0.25) is 0 Å². The van der Waals surface area contributed by atoms with Gasteiger partial charge in [0.2, 0.25) is 5.88 Å². The molecule has 0 N–H and O–H groups in total. The van der Waals surface area contributed by atoms with Gasteiger partial charge >= 0.3 is 0 Å². The Balaban J connectivity index is 2.19. The Hall–Kier alpha value is -1.79. The maximum absolute atomic E-state index is 11.1. The molecule has 1 aromatic heterocycles. The number of ether oxygens (including phenoxy) is 2. The second-order valence-corrected chi connectivity index (χ2v) is 6.12. The zero-order valence-corrected chi connectivity index (χ0v) is 11.5. The molecule has 0 saturated heterocycles. The molecule has 2 aromatic rings. The molecule has 0 aliphatic heterocycles. The number of benzene rings is 1. The van der Waals surface area contributed by atoms with Crippen LogP contribution in [0.25, 0.3) is 0 Å². The van der Waals surface area contributed by atoms with E-state index in [9.17, 15) is 8.42 Å². The van der Waals surface area contributed by atoms with E-state index in [1.54, 1.807) is 31.4 Å². The molecule has 0 aliphatic rings.